The fraction of sp³-hybridized carbons (Fsp3) is 0.200. The van der Waals surface area contributed by atoms with E-state index in [-0.39, 0.29) is 0 Å². The Hall–Kier alpha value is -3.52. The van der Waals surface area contributed by atoms with Crippen LogP contribution in [-0.4, -0.2) is 9.13 Å². The number of para-hydroxylation sites is 2. The zero-order valence-electron chi connectivity index (χ0n) is 19.0. The van der Waals surface area contributed by atoms with Crippen LogP contribution in [0.2, 0.25) is 0 Å². The maximum Gasteiger partial charge on any atom is 0.0742 e. The molecule has 0 amide bonds. The Morgan fingerprint density at radius 3 is 1.78 bits per heavy atom. The normalized spacial score (nSPS) is 12.0. The lowest BCUT2D eigenvalue weighted by Gasteiger charge is -2.16. The van der Waals surface area contributed by atoms with Crippen molar-refractivity contribution in [1.82, 2.24) is 9.13 Å². The summed E-state index contributed by atoms with van der Waals surface area (Å²) >= 11 is 0. The Bertz CT molecular complexity index is 1610. The van der Waals surface area contributed by atoms with Crippen molar-refractivity contribution in [1.29, 1.82) is 0 Å². The zero-order valence-corrected chi connectivity index (χ0v) is 19.0. The standard InChI is InChI=1S/C30H28N2/c1-4-5-15-23-26(20-13-7-6-8-14-20)28-22-17-10-12-19-25(22)32(3)30(28)29-27(23)21-16-9-11-18-24(21)31(29)2/h6-14,16-19H,4-5,15H2,1-3H3. The van der Waals surface area contributed by atoms with Crippen LogP contribution in [0.25, 0.3) is 54.7 Å². The molecule has 2 heteroatoms. The molecule has 158 valence electrons. The minimum Gasteiger partial charge on any atom is -0.342 e. The molecule has 2 aromatic heterocycles. The third-order valence-corrected chi connectivity index (χ3v) is 7.13. The molecule has 6 aromatic rings. The van der Waals surface area contributed by atoms with Gasteiger partial charge in [0, 0.05) is 46.7 Å². The van der Waals surface area contributed by atoms with E-state index in [0.29, 0.717) is 0 Å². The van der Waals surface area contributed by atoms with Gasteiger partial charge in [-0.2, -0.15) is 0 Å². The molecular formula is C30H28N2. The van der Waals surface area contributed by atoms with Crippen molar-refractivity contribution in [2.24, 2.45) is 14.1 Å². The molecule has 0 aliphatic heterocycles. The Balaban J connectivity index is 1.98. The lowest BCUT2D eigenvalue weighted by molar-refractivity contribution is 0.800. The summed E-state index contributed by atoms with van der Waals surface area (Å²) < 4.78 is 4.82. The first-order chi connectivity index (χ1) is 15.7. The number of fused-ring (bicyclic) bond motifs is 7. The molecule has 0 spiro atoms. The Morgan fingerprint density at radius 1 is 0.625 bits per heavy atom. The Labute approximate surface area is 188 Å². The second-order valence-corrected chi connectivity index (χ2v) is 8.92. The van der Waals surface area contributed by atoms with Gasteiger partial charge in [-0.1, -0.05) is 80.1 Å². The van der Waals surface area contributed by atoms with Gasteiger partial charge >= 0.3 is 0 Å². The van der Waals surface area contributed by atoms with Gasteiger partial charge in [-0.3, -0.25) is 0 Å². The van der Waals surface area contributed by atoms with Crippen LogP contribution in [0.1, 0.15) is 25.3 Å². The molecule has 0 radical (unpaired) electrons. The second-order valence-electron chi connectivity index (χ2n) is 8.92. The molecule has 0 N–H and O–H groups in total. The van der Waals surface area contributed by atoms with Gasteiger partial charge < -0.3 is 9.13 Å². The largest absolute Gasteiger partial charge is 0.342 e. The molecule has 0 saturated heterocycles. The van der Waals surface area contributed by atoms with Crippen molar-refractivity contribution < 1.29 is 0 Å². The summed E-state index contributed by atoms with van der Waals surface area (Å²) in [5.74, 6) is 0. The molecule has 6 rings (SSSR count). The minimum absolute atomic E-state index is 1.09. The van der Waals surface area contributed by atoms with Crippen molar-refractivity contribution in [3.8, 4) is 11.1 Å². The molecule has 4 aromatic carbocycles. The van der Waals surface area contributed by atoms with Gasteiger partial charge in [-0.05, 0) is 41.7 Å². The van der Waals surface area contributed by atoms with Gasteiger partial charge in [0.2, 0.25) is 0 Å². The second kappa shape index (κ2) is 7.27. The maximum absolute atomic E-state index is 2.41. The van der Waals surface area contributed by atoms with E-state index in [9.17, 15) is 0 Å². The topological polar surface area (TPSA) is 9.86 Å². The number of unbranched alkanes of at least 4 members (excludes halogenated alkanes) is 1. The number of hydrogen-bond acceptors (Lipinski definition) is 0. The Kier molecular flexibility index (Phi) is 4.36. The van der Waals surface area contributed by atoms with Crippen molar-refractivity contribution in [2.45, 2.75) is 26.2 Å². The third kappa shape index (κ3) is 2.53. The molecule has 0 bridgehead atoms. The highest BCUT2D eigenvalue weighted by molar-refractivity contribution is 6.28. The smallest absolute Gasteiger partial charge is 0.0742 e. The fourth-order valence-electron chi connectivity index (χ4n) is 5.70. The minimum atomic E-state index is 1.09. The highest BCUT2D eigenvalue weighted by Gasteiger charge is 2.24. The predicted octanol–water partition coefficient (Wildman–Crippen LogP) is 7.99. The van der Waals surface area contributed by atoms with E-state index in [1.54, 1.807) is 0 Å². The number of hydrogen-bond donors (Lipinski definition) is 0. The van der Waals surface area contributed by atoms with Crippen molar-refractivity contribution in [2.75, 3.05) is 0 Å². The van der Waals surface area contributed by atoms with E-state index in [1.165, 1.54) is 73.1 Å². The highest BCUT2D eigenvalue weighted by Crippen LogP contribution is 2.46. The van der Waals surface area contributed by atoms with Crippen LogP contribution in [0.15, 0.2) is 78.9 Å². The summed E-state index contributed by atoms with van der Waals surface area (Å²) in [7, 11) is 4.45. The van der Waals surface area contributed by atoms with Gasteiger partial charge in [-0.15, -0.1) is 0 Å². The molecular weight excluding hydrogens is 388 g/mol. The average Bonchev–Trinajstić information content (AvgIpc) is 3.30. The molecule has 0 atom stereocenters. The number of nitrogens with zero attached hydrogens (tertiary/aromatic N) is 2. The van der Waals surface area contributed by atoms with Gasteiger partial charge in [0.15, 0.2) is 0 Å². The fourth-order valence-corrected chi connectivity index (χ4v) is 5.70. The predicted molar refractivity (Wildman–Crippen MR) is 138 cm³/mol. The van der Waals surface area contributed by atoms with E-state index in [2.05, 4.69) is 109 Å². The number of benzene rings is 4. The van der Waals surface area contributed by atoms with Crippen LogP contribution in [0.4, 0.5) is 0 Å². The molecule has 0 fully saturated rings. The summed E-state index contributed by atoms with van der Waals surface area (Å²) in [6.45, 7) is 2.29. The average molecular weight is 417 g/mol. The quantitative estimate of drug-likeness (QED) is 0.276. The molecule has 0 saturated carbocycles. The third-order valence-electron chi connectivity index (χ3n) is 7.13. The lowest BCUT2D eigenvalue weighted by Crippen LogP contribution is -1.98. The summed E-state index contributed by atoms with van der Waals surface area (Å²) in [4.78, 5) is 0. The summed E-state index contributed by atoms with van der Waals surface area (Å²) in [5, 5.41) is 5.52. The first-order valence-corrected chi connectivity index (χ1v) is 11.7. The van der Waals surface area contributed by atoms with E-state index in [0.717, 1.165) is 6.42 Å². The van der Waals surface area contributed by atoms with E-state index < -0.39 is 0 Å². The van der Waals surface area contributed by atoms with E-state index in [1.807, 2.05) is 0 Å². The van der Waals surface area contributed by atoms with E-state index >= 15 is 0 Å². The summed E-state index contributed by atoms with van der Waals surface area (Å²) in [6.07, 6.45) is 3.47. The Morgan fingerprint density at radius 2 is 1.16 bits per heavy atom. The van der Waals surface area contributed by atoms with Crippen molar-refractivity contribution in [3.05, 3.63) is 84.4 Å². The van der Waals surface area contributed by atoms with Crippen molar-refractivity contribution >= 4 is 43.6 Å². The maximum atomic E-state index is 2.41. The summed E-state index contributed by atoms with van der Waals surface area (Å²) in [6, 6.07) is 28.8. The SMILES string of the molecule is CCCCc1c(-c2ccccc2)c2c3ccccc3n(C)c2c2c1c1ccccc1n2C. The molecule has 2 heterocycles. The van der Waals surface area contributed by atoms with Crippen LogP contribution >= 0.6 is 0 Å². The molecule has 2 nitrogen and oxygen atoms in total. The van der Waals surface area contributed by atoms with Crippen LogP contribution in [0.3, 0.4) is 0 Å². The van der Waals surface area contributed by atoms with Crippen LogP contribution < -0.4 is 0 Å². The first-order valence-electron chi connectivity index (χ1n) is 11.7. The van der Waals surface area contributed by atoms with Gasteiger partial charge in [0.05, 0.1) is 11.0 Å². The van der Waals surface area contributed by atoms with Gasteiger partial charge in [-0.25, -0.2) is 0 Å². The van der Waals surface area contributed by atoms with Crippen LogP contribution in [0, 0.1) is 0 Å². The lowest BCUT2D eigenvalue weighted by atomic mass is 9.88. The monoisotopic (exact) mass is 416 g/mol. The molecule has 0 unspecified atom stereocenters. The summed E-state index contributed by atoms with van der Waals surface area (Å²) in [5.41, 5.74) is 9.50. The van der Waals surface area contributed by atoms with Crippen LogP contribution in [-0.2, 0) is 20.5 Å². The van der Waals surface area contributed by atoms with Crippen LogP contribution in [0.5, 0.6) is 0 Å². The number of aryl methyl sites for hydroxylation is 3. The van der Waals surface area contributed by atoms with Crippen molar-refractivity contribution in [3.63, 3.8) is 0 Å². The molecule has 32 heavy (non-hydrogen) atoms. The molecule has 0 aliphatic carbocycles. The highest BCUT2D eigenvalue weighted by atomic mass is 15.0. The number of aromatic nitrogens is 2. The molecule has 0 aliphatic rings. The first kappa shape index (κ1) is 19.2. The van der Waals surface area contributed by atoms with Gasteiger partial charge in [0.25, 0.3) is 0 Å². The zero-order chi connectivity index (χ0) is 21.8. The number of rotatable bonds is 4. The van der Waals surface area contributed by atoms with E-state index in [4.69, 9.17) is 0 Å². The van der Waals surface area contributed by atoms with Gasteiger partial charge in [0.1, 0.15) is 0 Å².